The van der Waals surface area contributed by atoms with Gasteiger partial charge in [0.2, 0.25) is 0 Å². The van der Waals surface area contributed by atoms with Crippen LogP contribution in [0.15, 0.2) is 4.47 Å². The van der Waals surface area contributed by atoms with E-state index in [-0.39, 0.29) is 11.9 Å². The second kappa shape index (κ2) is 6.05. The SMILES string of the molecule is CC(C)c1[nH]nc(C(=O)NC2CNCCC2C)c1Br. The van der Waals surface area contributed by atoms with Crippen molar-refractivity contribution in [2.75, 3.05) is 13.1 Å². The van der Waals surface area contributed by atoms with Gasteiger partial charge in [-0.05, 0) is 40.7 Å². The summed E-state index contributed by atoms with van der Waals surface area (Å²) >= 11 is 3.46. The van der Waals surface area contributed by atoms with E-state index in [1.54, 1.807) is 0 Å². The molecular formula is C13H21BrN4O. The first-order chi connectivity index (χ1) is 9.00. The highest BCUT2D eigenvalue weighted by Gasteiger charge is 2.26. The number of hydrogen-bond acceptors (Lipinski definition) is 3. The number of aromatic amines is 1. The van der Waals surface area contributed by atoms with Crippen LogP contribution in [0.3, 0.4) is 0 Å². The first kappa shape index (κ1) is 14.5. The second-order valence-corrected chi connectivity index (χ2v) is 6.30. The summed E-state index contributed by atoms with van der Waals surface area (Å²) in [6.07, 6.45) is 1.09. The number of piperidine rings is 1. The molecule has 1 aliphatic rings. The van der Waals surface area contributed by atoms with Crippen molar-refractivity contribution < 1.29 is 4.79 Å². The largest absolute Gasteiger partial charge is 0.346 e. The van der Waals surface area contributed by atoms with Crippen LogP contribution in [0.4, 0.5) is 0 Å². The van der Waals surface area contributed by atoms with Crippen LogP contribution in [0, 0.1) is 5.92 Å². The highest BCUT2D eigenvalue weighted by atomic mass is 79.9. The van der Waals surface area contributed by atoms with Crippen molar-refractivity contribution in [3.63, 3.8) is 0 Å². The maximum absolute atomic E-state index is 12.3. The zero-order valence-electron chi connectivity index (χ0n) is 11.6. The maximum atomic E-state index is 12.3. The Morgan fingerprint density at radius 2 is 2.26 bits per heavy atom. The standard InChI is InChI=1S/C13H21BrN4O/c1-7(2)11-10(14)12(18-17-11)13(19)16-9-6-15-5-4-8(9)3/h7-9,15H,4-6H2,1-3H3,(H,16,19)(H,17,18). The third-order valence-electron chi connectivity index (χ3n) is 3.67. The molecule has 2 unspecified atom stereocenters. The third-order valence-corrected chi connectivity index (χ3v) is 4.47. The zero-order chi connectivity index (χ0) is 14.0. The Labute approximate surface area is 122 Å². The van der Waals surface area contributed by atoms with Crippen LogP contribution in [0.2, 0.25) is 0 Å². The van der Waals surface area contributed by atoms with E-state index >= 15 is 0 Å². The lowest BCUT2D eigenvalue weighted by Crippen LogP contribution is -2.50. The monoisotopic (exact) mass is 328 g/mol. The second-order valence-electron chi connectivity index (χ2n) is 5.50. The summed E-state index contributed by atoms with van der Waals surface area (Å²) in [5.74, 6) is 0.682. The lowest BCUT2D eigenvalue weighted by atomic mass is 9.95. The predicted molar refractivity (Wildman–Crippen MR) is 78.3 cm³/mol. The molecule has 106 valence electrons. The van der Waals surface area contributed by atoms with Crippen molar-refractivity contribution in [1.29, 1.82) is 0 Å². The fourth-order valence-corrected chi connectivity index (χ4v) is 3.11. The molecule has 3 N–H and O–H groups in total. The summed E-state index contributed by atoms with van der Waals surface area (Å²) in [5, 5.41) is 13.4. The van der Waals surface area contributed by atoms with Gasteiger partial charge >= 0.3 is 0 Å². The van der Waals surface area contributed by atoms with Gasteiger partial charge in [-0.2, -0.15) is 5.10 Å². The highest BCUT2D eigenvalue weighted by molar-refractivity contribution is 9.10. The van der Waals surface area contributed by atoms with Gasteiger partial charge < -0.3 is 10.6 Å². The molecule has 1 fully saturated rings. The number of carbonyl (C=O) groups is 1. The normalized spacial score (nSPS) is 23.6. The van der Waals surface area contributed by atoms with Gasteiger partial charge in [-0.3, -0.25) is 9.89 Å². The van der Waals surface area contributed by atoms with E-state index in [0.29, 0.717) is 17.5 Å². The van der Waals surface area contributed by atoms with E-state index in [1.165, 1.54) is 0 Å². The molecule has 5 nitrogen and oxygen atoms in total. The molecular weight excluding hydrogens is 308 g/mol. The zero-order valence-corrected chi connectivity index (χ0v) is 13.2. The van der Waals surface area contributed by atoms with Crippen molar-refractivity contribution in [3.05, 3.63) is 15.9 Å². The average Bonchev–Trinajstić information content (AvgIpc) is 2.74. The molecule has 0 saturated carbocycles. The van der Waals surface area contributed by atoms with Crippen molar-refractivity contribution in [2.45, 2.75) is 39.2 Å². The molecule has 2 rings (SSSR count). The van der Waals surface area contributed by atoms with Gasteiger partial charge in [-0.25, -0.2) is 0 Å². The lowest BCUT2D eigenvalue weighted by molar-refractivity contribution is 0.0909. The van der Waals surface area contributed by atoms with Crippen LogP contribution < -0.4 is 10.6 Å². The summed E-state index contributed by atoms with van der Waals surface area (Å²) in [6, 6.07) is 0.173. The van der Waals surface area contributed by atoms with Crippen molar-refractivity contribution >= 4 is 21.8 Å². The Bertz CT molecular complexity index is 457. The van der Waals surface area contributed by atoms with Crippen LogP contribution in [0.5, 0.6) is 0 Å². The molecule has 6 heteroatoms. The number of nitrogens with zero attached hydrogens (tertiary/aromatic N) is 1. The minimum atomic E-state index is -0.115. The van der Waals surface area contributed by atoms with Gasteiger partial charge in [0.1, 0.15) is 0 Å². The molecule has 1 aromatic rings. The summed E-state index contributed by atoms with van der Waals surface area (Å²) in [6.45, 7) is 8.15. The summed E-state index contributed by atoms with van der Waals surface area (Å²) < 4.78 is 0.774. The van der Waals surface area contributed by atoms with Crippen LogP contribution in [-0.4, -0.2) is 35.2 Å². The van der Waals surface area contributed by atoms with Crippen LogP contribution in [-0.2, 0) is 0 Å². The first-order valence-corrected chi connectivity index (χ1v) is 7.55. The van der Waals surface area contributed by atoms with E-state index in [2.05, 4.69) is 57.5 Å². The first-order valence-electron chi connectivity index (χ1n) is 6.76. The molecule has 1 aromatic heterocycles. The highest BCUT2D eigenvalue weighted by Crippen LogP contribution is 2.25. The van der Waals surface area contributed by atoms with Gasteiger partial charge in [0.25, 0.3) is 5.91 Å². The van der Waals surface area contributed by atoms with Crippen molar-refractivity contribution in [3.8, 4) is 0 Å². The summed E-state index contributed by atoms with van der Waals surface area (Å²) in [7, 11) is 0. The maximum Gasteiger partial charge on any atom is 0.273 e. The average molecular weight is 329 g/mol. The van der Waals surface area contributed by atoms with Crippen LogP contribution >= 0.6 is 15.9 Å². The fourth-order valence-electron chi connectivity index (χ4n) is 2.29. The van der Waals surface area contributed by atoms with Gasteiger partial charge in [0.15, 0.2) is 5.69 Å². The Morgan fingerprint density at radius 1 is 1.53 bits per heavy atom. The van der Waals surface area contributed by atoms with Gasteiger partial charge in [0, 0.05) is 12.6 Å². The fraction of sp³-hybridized carbons (Fsp3) is 0.692. The molecule has 2 heterocycles. The van der Waals surface area contributed by atoms with Crippen molar-refractivity contribution in [2.24, 2.45) is 5.92 Å². The van der Waals surface area contributed by atoms with Gasteiger partial charge in [-0.15, -0.1) is 0 Å². The quantitative estimate of drug-likeness (QED) is 0.795. The molecule has 19 heavy (non-hydrogen) atoms. The number of halogens is 1. The Morgan fingerprint density at radius 3 is 2.84 bits per heavy atom. The van der Waals surface area contributed by atoms with E-state index in [0.717, 1.165) is 29.7 Å². The van der Waals surface area contributed by atoms with E-state index in [4.69, 9.17) is 0 Å². The smallest absolute Gasteiger partial charge is 0.273 e. The Balaban J connectivity index is 2.07. The molecule has 1 amide bonds. The number of aromatic nitrogens is 2. The Hall–Kier alpha value is -0.880. The number of rotatable bonds is 3. The molecule has 0 aromatic carbocycles. The van der Waals surface area contributed by atoms with E-state index in [9.17, 15) is 4.79 Å². The number of hydrogen-bond donors (Lipinski definition) is 3. The molecule has 1 aliphatic heterocycles. The Kier molecular flexibility index (Phi) is 4.62. The molecule has 0 bridgehead atoms. The topological polar surface area (TPSA) is 69.8 Å². The van der Waals surface area contributed by atoms with E-state index in [1.807, 2.05) is 0 Å². The minimum absolute atomic E-state index is 0.115. The summed E-state index contributed by atoms with van der Waals surface area (Å²) in [5.41, 5.74) is 1.40. The summed E-state index contributed by atoms with van der Waals surface area (Å²) in [4.78, 5) is 12.3. The van der Waals surface area contributed by atoms with Crippen LogP contribution in [0.1, 0.15) is 49.3 Å². The lowest BCUT2D eigenvalue weighted by Gasteiger charge is -2.30. The molecule has 1 saturated heterocycles. The predicted octanol–water partition coefficient (Wildman–Crippen LogP) is 2.02. The van der Waals surface area contributed by atoms with Crippen molar-refractivity contribution in [1.82, 2.24) is 20.8 Å². The van der Waals surface area contributed by atoms with E-state index < -0.39 is 0 Å². The molecule has 0 aliphatic carbocycles. The number of carbonyl (C=O) groups excluding carboxylic acids is 1. The van der Waals surface area contributed by atoms with Gasteiger partial charge in [-0.1, -0.05) is 20.8 Å². The molecule has 2 atom stereocenters. The van der Waals surface area contributed by atoms with Crippen LogP contribution in [0.25, 0.3) is 0 Å². The number of H-pyrrole nitrogens is 1. The number of amides is 1. The minimum Gasteiger partial charge on any atom is -0.346 e. The molecule has 0 radical (unpaired) electrons. The number of nitrogens with one attached hydrogen (secondary N) is 3. The third kappa shape index (κ3) is 3.17. The van der Waals surface area contributed by atoms with Gasteiger partial charge in [0.05, 0.1) is 10.2 Å². The molecule has 0 spiro atoms.